The zero-order chi connectivity index (χ0) is 14.1. The molecule has 3 nitrogen and oxygen atoms in total. The van der Waals surface area contributed by atoms with Crippen molar-refractivity contribution >= 4 is 33.3 Å². The third-order valence-electron chi connectivity index (χ3n) is 3.54. The molecule has 0 atom stereocenters. The number of fused-ring (bicyclic) bond motifs is 1. The van der Waals surface area contributed by atoms with Crippen molar-refractivity contribution in [2.45, 2.75) is 13.3 Å². The van der Waals surface area contributed by atoms with Gasteiger partial charge in [0.2, 0.25) is 0 Å². The number of benzene rings is 2. The first-order valence-electron chi connectivity index (χ1n) is 6.58. The molecule has 20 heavy (non-hydrogen) atoms. The molecule has 2 aromatic rings. The lowest BCUT2D eigenvalue weighted by Gasteiger charge is -2.18. The highest BCUT2D eigenvalue weighted by Gasteiger charge is 2.24. The Kier molecular flexibility index (Phi) is 3.49. The molecule has 0 fully saturated rings. The Morgan fingerprint density at radius 1 is 1.25 bits per heavy atom. The van der Waals surface area contributed by atoms with Gasteiger partial charge in [-0.15, -0.1) is 0 Å². The van der Waals surface area contributed by atoms with Crippen LogP contribution in [-0.2, 0) is 6.42 Å². The summed E-state index contributed by atoms with van der Waals surface area (Å²) >= 11 is 3.46. The number of rotatable bonds is 1. The number of hydrogen-bond donors (Lipinski definition) is 1. The highest BCUT2D eigenvalue weighted by molar-refractivity contribution is 9.10. The Morgan fingerprint density at radius 2 is 2.05 bits per heavy atom. The number of amides is 2. The fourth-order valence-electron chi connectivity index (χ4n) is 2.46. The molecule has 1 heterocycles. The van der Waals surface area contributed by atoms with Gasteiger partial charge in [-0.05, 0) is 48.7 Å². The second kappa shape index (κ2) is 5.29. The van der Waals surface area contributed by atoms with E-state index >= 15 is 0 Å². The molecule has 1 N–H and O–H groups in total. The number of aryl methyl sites for hydroxylation is 1. The Morgan fingerprint density at radius 3 is 2.85 bits per heavy atom. The van der Waals surface area contributed by atoms with E-state index < -0.39 is 0 Å². The summed E-state index contributed by atoms with van der Waals surface area (Å²) in [5.74, 6) is 0. The van der Waals surface area contributed by atoms with Crippen molar-refractivity contribution in [3.8, 4) is 0 Å². The van der Waals surface area contributed by atoms with Gasteiger partial charge >= 0.3 is 6.03 Å². The summed E-state index contributed by atoms with van der Waals surface area (Å²) in [6.07, 6.45) is 0.920. The van der Waals surface area contributed by atoms with Gasteiger partial charge in [0.25, 0.3) is 0 Å². The van der Waals surface area contributed by atoms with E-state index in [0.717, 1.165) is 34.4 Å². The third kappa shape index (κ3) is 2.43. The highest BCUT2D eigenvalue weighted by Crippen LogP contribution is 2.28. The topological polar surface area (TPSA) is 32.3 Å². The second-order valence-electron chi connectivity index (χ2n) is 4.92. The summed E-state index contributed by atoms with van der Waals surface area (Å²) in [6.45, 7) is 2.74. The normalized spacial score (nSPS) is 13.2. The molecule has 0 aliphatic carbocycles. The lowest BCUT2D eigenvalue weighted by molar-refractivity contribution is 0.257. The summed E-state index contributed by atoms with van der Waals surface area (Å²) in [5, 5.41) is 2.96. The van der Waals surface area contributed by atoms with Gasteiger partial charge in [-0.25, -0.2) is 4.79 Å². The number of anilines is 2. The Labute approximate surface area is 126 Å². The molecule has 3 rings (SSSR count). The predicted octanol–water partition coefficient (Wildman–Crippen LogP) is 4.35. The first kappa shape index (κ1) is 13.2. The molecule has 1 aliphatic heterocycles. The molecule has 0 aromatic heterocycles. The standard InChI is InChI=1S/C16H15BrN2O/c1-11-10-13(6-7-14(11)17)18-16(20)19-9-8-12-4-2-3-5-15(12)19/h2-7,10H,8-9H2,1H3,(H,18,20). The van der Waals surface area contributed by atoms with Crippen LogP contribution in [0.15, 0.2) is 46.9 Å². The summed E-state index contributed by atoms with van der Waals surface area (Å²) in [4.78, 5) is 14.2. The van der Waals surface area contributed by atoms with Crippen LogP contribution in [0.4, 0.5) is 16.2 Å². The van der Waals surface area contributed by atoms with E-state index in [-0.39, 0.29) is 6.03 Å². The molecule has 0 saturated heterocycles. The van der Waals surface area contributed by atoms with Crippen LogP contribution in [0.2, 0.25) is 0 Å². The maximum absolute atomic E-state index is 12.4. The van der Waals surface area contributed by atoms with Gasteiger partial charge < -0.3 is 5.32 Å². The van der Waals surface area contributed by atoms with Crippen molar-refractivity contribution in [2.24, 2.45) is 0 Å². The van der Waals surface area contributed by atoms with Crippen molar-refractivity contribution in [1.29, 1.82) is 0 Å². The van der Waals surface area contributed by atoms with Gasteiger partial charge in [-0.3, -0.25) is 4.90 Å². The predicted molar refractivity (Wildman–Crippen MR) is 85.4 cm³/mol. The number of carbonyl (C=O) groups excluding carboxylic acids is 1. The number of urea groups is 1. The van der Waals surface area contributed by atoms with E-state index in [1.165, 1.54) is 5.56 Å². The number of halogens is 1. The smallest absolute Gasteiger partial charge is 0.308 e. The molecule has 0 spiro atoms. The van der Waals surface area contributed by atoms with Crippen LogP contribution in [-0.4, -0.2) is 12.6 Å². The quantitative estimate of drug-likeness (QED) is 0.828. The fraction of sp³-hybridized carbons (Fsp3) is 0.188. The van der Waals surface area contributed by atoms with E-state index in [9.17, 15) is 4.79 Å². The Bertz CT molecular complexity index is 669. The molecule has 0 saturated carbocycles. The lowest BCUT2D eigenvalue weighted by Crippen LogP contribution is -2.33. The van der Waals surface area contributed by atoms with Gasteiger partial charge in [-0.1, -0.05) is 34.1 Å². The molecule has 2 amide bonds. The average Bonchev–Trinajstić information content (AvgIpc) is 2.87. The maximum atomic E-state index is 12.4. The largest absolute Gasteiger partial charge is 0.326 e. The molecular weight excluding hydrogens is 316 g/mol. The summed E-state index contributed by atoms with van der Waals surface area (Å²) in [6, 6.07) is 13.8. The van der Waals surface area contributed by atoms with Crippen molar-refractivity contribution in [3.63, 3.8) is 0 Å². The summed E-state index contributed by atoms with van der Waals surface area (Å²) < 4.78 is 1.04. The molecule has 2 aromatic carbocycles. The first-order chi connectivity index (χ1) is 9.65. The molecule has 0 bridgehead atoms. The minimum absolute atomic E-state index is 0.0725. The van der Waals surface area contributed by atoms with Crippen LogP contribution >= 0.6 is 15.9 Å². The van der Waals surface area contributed by atoms with E-state index in [4.69, 9.17) is 0 Å². The van der Waals surface area contributed by atoms with Crippen molar-refractivity contribution in [2.75, 3.05) is 16.8 Å². The molecule has 0 radical (unpaired) electrons. The van der Waals surface area contributed by atoms with Gasteiger partial charge in [0.1, 0.15) is 0 Å². The van der Waals surface area contributed by atoms with Crippen molar-refractivity contribution in [1.82, 2.24) is 0 Å². The van der Waals surface area contributed by atoms with Crippen LogP contribution in [0.1, 0.15) is 11.1 Å². The molecular formula is C16H15BrN2O. The number of nitrogens with zero attached hydrogens (tertiary/aromatic N) is 1. The summed E-state index contributed by atoms with van der Waals surface area (Å²) in [7, 11) is 0. The van der Waals surface area contributed by atoms with Gasteiger partial charge in [0.05, 0.1) is 0 Å². The summed E-state index contributed by atoms with van der Waals surface area (Å²) in [5.41, 5.74) is 4.16. The Hall–Kier alpha value is -1.81. The van der Waals surface area contributed by atoms with Crippen LogP contribution in [0, 0.1) is 6.92 Å². The van der Waals surface area contributed by atoms with Crippen molar-refractivity contribution < 1.29 is 4.79 Å². The van der Waals surface area contributed by atoms with Crippen LogP contribution in [0.3, 0.4) is 0 Å². The van der Waals surface area contributed by atoms with Crippen molar-refractivity contribution in [3.05, 3.63) is 58.1 Å². The van der Waals surface area contributed by atoms with Crippen LogP contribution < -0.4 is 10.2 Å². The first-order valence-corrected chi connectivity index (χ1v) is 7.37. The lowest BCUT2D eigenvalue weighted by atomic mass is 10.2. The molecule has 1 aliphatic rings. The van der Waals surface area contributed by atoms with Gasteiger partial charge in [-0.2, -0.15) is 0 Å². The number of hydrogen-bond acceptors (Lipinski definition) is 1. The zero-order valence-corrected chi connectivity index (χ0v) is 12.8. The van der Waals surface area contributed by atoms with E-state index in [1.807, 2.05) is 43.3 Å². The Balaban J connectivity index is 1.79. The maximum Gasteiger partial charge on any atom is 0.326 e. The minimum Gasteiger partial charge on any atom is -0.308 e. The van der Waals surface area contributed by atoms with Gasteiger partial charge in [0.15, 0.2) is 0 Å². The molecule has 102 valence electrons. The van der Waals surface area contributed by atoms with Crippen LogP contribution in [0.25, 0.3) is 0 Å². The SMILES string of the molecule is Cc1cc(NC(=O)N2CCc3ccccc32)ccc1Br. The third-order valence-corrected chi connectivity index (χ3v) is 4.43. The number of para-hydroxylation sites is 1. The second-order valence-corrected chi connectivity index (χ2v) is 5.78. The van der Waals surface area contributed by atoms with Crippen LogP contribution in [0.5, 0.6) is 0 Å². The number of nitrogens with one attached hydrogen (secondary N) is 1. The number of carbonyl (C=O) groups is 1. The van der Waals surface area contributed by atoms with E-state index in [2.05, 4.69) is 27.3 Å². The molecule has 4 heteroatoms. The van der Waals surface area contributed by atoms with E-state index in [1.54, 1.807) is 4.90 Å². The van der Waals surface area contributed by atoms with Gasteiger partial charge in [0, 0.05) is 22.4 Å². The fourth-order valence-corrected chi connectivity index (χ4v) is 2.71. The van der Waals surface area contributed by atoms with E-state index in [0.29, 0.717) is 0 Å². The minimum atomic E-state index is -0.0725. The zero-order valence-electron chi connectivity index (χ0n) is 11.2. The highest BCUT2D eigenvalue weighted by atomic mass is 79.9. The molecule has 0 unspecified atom stereocenters. The monoisotopic (exact) mass is 330 g/mol. The average molecular weight is 331 g/mol.